The van der Waals surface area contributed by atoms with Crippen LogP contribution in [0.5, 0.6) is 17.4 Å². The van der Waals surface area contributed by atoms with Gasteiger partial charge in [0.1, 0.15) is 29.0 Å². The molecule has 0 unspecified atom stereocenters. The van der Waals surface area contributed by atoms with E-state index in [-0.39, 0.29) is 17.3 Å². The Morgan fingerprint density at radius 2 is 1.97 bits per heavy atom. The van der Waals surface area contributed by atoms with Crippen LogP contribution in [0.2, 0.25) is 0 Å². The van der Waals surface area contributed by atoms with Gasteiger partial charge in [-0.1, -0.05) is 18.2 Å². The van der Waals surface area contributed by atoms with E-state index in [1.165, 1.54) is 6.07 Å². The molecule has 0 aliphatic carbocycles. The molecule has 0 spiro atoms. The first-order chi connectivity index (χ1) is 15.1. The van der Waals surface area contributed by atoms with Crippen molar-refractivity contribution in [3.63, 3.8) is 0 Å². The van der Waals surface area contributed by atoms with E-state index in [2.05, 4.69) is 16.3 Å². The third-order valence-corrected chi connectivity index (χ3v) is 4.99. The van der Waals surface area contributed by atoms with E-state index in [1.54, 1.807) is 24.3 Å². The van der Waals surface area contributed by atoms with Crippen LogP contribution < -0.4 is 19.9 Å². The molecular formula is C23H21FN4O3. The number of allylic oxidation sites excluding steroid dienone is 1. The monoisotopic (exact) mass is 420 g/mol. The molecule has 4 rings (SSSR count). The zero-order chi connectivity index (χ0) is 22.0. The highest BCUT2D eigenvalue weighted by molar-refractivity contribution is 5.76. The van der Waals surface area contributed by atoms with Crippen molar-refractivity contribution in [2.75, 3.05) is 13.2 Å². The number of H-pyrrole nitrogens is 1. The Morgan fingerprint density at radius 1 is 1.19 bits per heavy atom. The number of rotatable bonds is 6. The minimum absolute atomic E-state index is 0.0990. The first-order valence-corrected chi connectivity index (χ1v) is 9.89. The number of benzene rings is 2. The number of hydrogen-bond donors (Lipinski definition) is 2. The number of ether oxygens (including phenoxy) is 3. The Bertz CT molecular complexity index is 1200. The molecule has 7 nitrogen and oxygen atoms in total. The molecule has 3 aromatic rings. The second-order valence-corrected chi connectivity index (χ2v) is 6.79. The molecule has 1 aliphatic heterocycles. The molecule has 3 N–H and O–H groups in total. The lowest BCUT2D eigenvalue weighted by Crippen LogP contribution is -2.21. The van der Waals surface area contributed by atoms with Crippen LogP contribution in [-0.4, -0.2) is 23.4 Å². The van der Waals surface area contributed by atoms with Crippen molar-refractivity contribution in [1.29, 1.82) is 5.26 Å². The van der Waals surface area contributed by atoms with Crippen molar-refractivity contribution in [2.24, 2.45) is 5.73 Å². The van der Waals surface area contributed by atoms with Gasteiger partial charge in [-0.2, -0.15) is 5.26 Å². The molecule has 158 valence electrons. The number of halogens is 1. The molecule has 2 heterocycles. The normalized spacial score (nSPS) is 15.1. The van der Waals surface area contributed by atoms with Crippen LogP contribution in [0.15, 0.2) is 53.9 Å². The van der Waals surface area contributed by atoms with Crippen LogP contribution in [0.4, 0.5) is 4.39 Å². The molecular weight excluding hydrogens is 399 g/mol. The Morgan fingerprint density at radius 3 is 2.68 bits per heavy atom. The largest absolute Gasteiger partial charge is 0.494 e. The fourth-order valence-corrected chi connectivity index (χ4v) is 3.71. The first kappa shape index (κ1) is 20.3. The molecule has 31 heavy (non-hydrogen) atoms. The smallest absolute Gasteiger partial charge is 0.244 e. The van der Waals surface area contributed by atoms with Gasteiger partial charge in [-0.15, -0.1) is 5.10 Å². The Labute approximate surface area is 178 Å². The summed E-state index contributed by atoms with van der Waals surface area (Å²) in [5.41, 5.74) is 8.14. The predicted molar refractivity (Wildman–Crippen MR) is 112 cm³/mol. The van der Waals surface area contributed by atoms with Crippen molar-refractivity contribution in [2.45, 2.75) is 19.8 Å². The average molecular weight is 420 g/mol. The summed E-state index contributed by atoms with van der Waals surface area (Å²) in [7, 11) is 0. The molecule has 2 aromatic carbocycles. The van der Waals surface area contributed by atoms with Gasteiger partial charge in [-0.05, 0) is 32.0 Å². The first-order valence-electron chi connectivity index (χ1n) is 9.89. The summed E-state index contributed by atoms with van der Waals surface area (Å²) in [4.78, 5) is 0. The third kappa shape index (κ3) is 3.55. The zero-order valence-electron chi connectivity index (χ0n) is 17.1. The van der Waals surface area contributed by atoms with Gasteiger partial charge in [0.05, 0.1) is 30.4 Å². The number of nitrogens with one attached hydrogen (secondary N) is 1. The van der Waals surface area contributed by atoms with E-state index in [0.717, 1.165) is 0 Å². The van der Waals surface area contributed by atoms with Crippen molar-refractivity contribution < 1.29 is 18.6 Å². The highest BCUT2D eigenvalue weighted by atomic mass is 19.1. The zero-order valence-corrected chi connectivity index (χ0v) is 17.1. The molecule has 1 aliphatic rings. The van der Waals surface area contributed by atoms with Crippen LogP contribution in [0.1, 0.15) is 30.9 Å². The highest BCUT2D eigenvalue weighted by Crippen LogP contribution is 2.48. The minimum Gasteiger partial charge on any atom is -0.494 e. The maximum absolute atomic E-state index is 14.8. The van der Waals surface area contributed by atoms with Gasteiger partial charge in [-0.25, -0.2) is 4.39 Å². The molecule has 0 fully saturated rings. The van der Waals surface area contributed by atoms with Crippen LogP contribution in [-0.2, 0) is 0 Å². The van der Waals surface area contributed by atoms with Gasteiger partial charge in [0.2, 0.25) is 11.8 Å². The van der Waals surface area contributed by atoms with Crippen LogP contribution in [0.25, 0.3) is 11.3 Å². The maximum Gasteiger partial charge on any atom is 0.244 e. The van der Waals surface area contributed by atoms with E-state index in [9.17, 15) is 9.65 Å². The molecule has 0 saturated carbocycles. The third-order valence-electron chi connectivity index (χ3n) is 4.99. The standard InChI is InChI=1S/C23H21FN4O3/c1-3-29-13-9-10-15(18(11-13)30-4-2)21-20-19(14-7-5-6-8-17(14)24)16(12-25)22(26)31-23(20)28-27-21/h5-11,19H,3-4,26H2,1-2H3,(H,27,28)/t19-/m1/s1. The number of fused-ring (bicyclic) bond motifs is 1. The summed E-state index contributed by atoms with van der Waals surface area (Å²) in [5.74, 6) is 0.0729. The van der Waals surface area contributed by atoms with Gasteiger partial charge < -0.3 is 19.9 Å². The van der Waals surface area contributed by atoms with E-state index in [1.807, 2.05) is 26.0 Å². The number of hydrogen-bond acceptors (Lipinski definition) is 6. The van der Waals surface area contributed by atoms with Crippen LogP contribution >= 0.6 is 0 Å². The second-order valence-electron chi connectivity index (χ2n) is 6.79. The summed E-state index contributed by atoms with van der Waals surface area (Å²) in [6.07, 6.45) is 0. The van der Waals surface area contributed by atoms with Crippen molar-refractivity contribution in [3.8, 4) is 34.7 Å². The molecule has 0 amide bonds. The lowest BCUT2D eigenvalue weighted by Gasteiger charge is -2.24. The van der Waals surface area contributed by atoms with Crippen LogP contribution in [0.3, 0.4) is 0 Å². The molecule has 0 bridgehead atoms. The maximum atomic E-state index is 14.8. The number of aromatic amines is 1. The van der Waals surface area contributed by atoms with Crippen LogP contribution in [0, 0.1) is 17.1 Å². The van der Waals surface area contributed by atoms with Crippen molar-refractivity contribution in [3.05, 3.63) is 70.9 Å². The molecule has 0 radical (unpaired) electrons. The summed E-state index contributed by atoms with van der Waals surface area (Å²) >= 11 is 0. The van der Waals surface area contributed by atoms with Gasteiger partial charge in [0.25, 0.3) is 0 Å². The highest BCUT2D eigenvalue weighted by Gasteiger charge is 2.37. The summed E-state index contributed by atoms with van der Waals surface area (Å²) < 4.78 is 31.8. The SMILES string of the molecule is CCOc1ccc(-c2[nH]nc3c2[C@H](c2ccccc2F)C(C#N)=C(N)O3)c(OCC)c1. The molecule has 1 aromatic heterocycles. The molecule has 8 heteroatoms. The molecule has 1 atom stereocenters. The van der Waals surface area contributed by atoms with E-state index < -0.39 is 11.7 Å². The molecule has 0 saturated heterocycles. The Hall–Kier alpha value is -3.99. The Kier molecular flexibility index (Phi) is 5.50. The average Bonchev–Trinajstić information content (AvgIpc) is 3.17. The fourth-order valence-electron chi connectivity index (χ4n) is 3.71. The number of aromatic nitrogens is 2. The van der Waals surface area contributed by atoms with E-state index in [0.29, 0.717) is 47.1 Å². The van der Waals surface area contributed by atoms with E-state index >= 15 is 0 Å². The van der Waals surface area contributed by atoms with Gasteiger partial charge in [0.15, 0.2) is 0 Å². The number of nitriles is 1. The van der Waals surface area contributed by atoms with Gasteiger partial charge in [-0.3, -0.25) is 5.10 Å². The summed E-state index contributed by atoms with van der Waals surface area (Å²) in [6.45, 7) is 4.73. The predicted octanol–water partition coefficient (Wildman–Crippen LogP) is 4.23. The lowest BCUT2D eigenvalue weighted by molar-refractivity contribution is 0.324. The lowest BCUT2D eigenvalue weighted by atomic mass is 9.82. The van der Waals surface area contributed by atoms with Gasteiger partial charge in [0, 0.05) is 17.2 Å². The number of nitrogens with two attached hydrogens (primary N) is 1. The Balaban J connectivity index is 1.94. The quantitative estimate of drug-likeness (QED) is 0.618. The second kappa shape index (κ2) is 8.40. The van der Waals surface area contributed by atoms with E-state index in [4.69, 9.17) is 19.9 Å². The topological polar surface area (TPSA) is 106 Å². The summed E-state index contributed by atoms with van der Waals surface area (Å²) in [5, 5.41) is 17.0. The van der Waals surface area contributed by atoms with Crippen molar-refractivity contribution >= 4 is 0 Å². The van der Waals surface area contributed by atoms with Gasteiger partial charge >= 0.3 is 0 Å². The fraction of sp³-hybridized carbons (Fsp3) is 0.217. The van der Waals surface area contributed by atoms with Crippen molar-refractivity contribution in [1.82, 2.24) is 10.2 Å². The summed E-state index contributed by atoms with van der Waals surface area (Å²) in [6, 6.07) is 13.8. The minimum atomic E-state index is -0.787. The number of nitrogens with zero attached hydrogens (tertiary/aromatic N) is 2.